The Balaban J connectivity index is 2.28. The fourth-order valence-electron chi connectivity index (χ4n) is 7.47. The van der Waals surface area contributed by atoms with Gasteiger partial charge in [-0.15, -0.1) is 11.8 Å². The summed E-state index contributed by atoms with van der Waals surface area (Å²) in [5.41, 5.74) is 1.14. The highest BCUT2D eigenvalue weighted by Gasteiger charge is 2.41. The lowest BCUT2D eigenvalue weighted by Crippen LogP contribution is -2.59. The molecule has 5 amide bonds. The van der Waals surface area contributed by atoms with Gasteiger partial charge in [-0.05, 0) is 56.7 Å². The topological polar surface area (TPSA) is 132 Å². The Morgan fingerprint density at radius 2 is 1.59 bits per heavy atom. The van der Waals surface area contributed by atoms with E-state index in [0.29, 0.717) is 19.5 Å². The Bertz CT molecular complexity index is 1340. The third-order valence-electron chi connectivity index (χ3n) is 10.7. The summed E-state index contributed by atoms with van der Waals surface area (Å²) in [5.74, 6) is -0.614. The van der Waals surface area contributed by atoms with E-state index in [1.807, 2.05) is 81.9 Å². The minimum Gasteiger partial charge on any atom is -0.379 e. The first-order chi connectivity index (χ1) is 25.4. The molecule has 7 atom stereocenters. The number of methoxy groups -OCH3 is 1. The molecule has 7 unspecified atom stereocenters. The summed E-state index contributed by atoms with van der Waals surface area (Å²) in [6, 6.07) is 8.15. The molecule has 0 spiro atoms. The molecule has 0 radical (unpaired) electrons. The molecule has 1 aliphatic heterocycles. The molecule has 54 heavy (non-hydrogen) atoms. The molecule has 2 N–H and O–H groups in total. The maximum Gasteiger partial charge on any atom is 0.245 e. The Morgan fingerprint density at radius 3 is 2.13 bits per heavy atom. The van der Waals surface area contributed by atoms with Gasteiger partial charge in [0.2, 0.25) is 29.5 Å². The van der Waals surface area contributed by atoms with Gasteiger partial charge in [-0.25, -0.2) is 0 Å². The zero-order valence-corrected chi connectivity index (χ0v) is 35.9. The standard InChI is InChI=1S/C41H70N6O6S/c1-13-29(6)39(46(11)41(52)37(27(2)3)43-40(51)38(28(4)5)45(9)10)32(53-12)24-35(49)47-23-17-20-31(47)33(54-26-36(50)44(7)8)25-34(48)42-22-21-30-18-15-14-16-19-30/h14-16,18-19,27-29,31-33,37-39H,13,17,20-26H2,1-12H3,(H,42,48)(H,43,51). The number of amides is 5. The highest BCUT2D eigenvalue weighted by atomic mass is 32.2. The maximum atomic E-state index is 14.3. The van der Waals surface area contributed by atoms with Crippen molar-refractivity contribution in [2.45, 2.75) is 116 Å². The van der Waals surface area contributed by atoms with Crippen molar-refractivity contribution in [3.63, 3.8) is 0 Å². The van der Waals surface area contributed by atoms with Crippen LogP contribution in [0.3, 0.4) is 0 Å². The number of likely N-dealkylation sites (tertiary alicyclic amines) is 1. The Morgan fingerprint density at radius 1 is 0.944 bits per heavy atom. The van der Waals surface area contributed by atoms with Crippen LogP contribution in [-0.4, -0.2) is 146 Å². The number of likely N-dealkylation sites (N-methyl/N-ethyl adjacent to an activating group) is 2. The van der Waals surface area contributed by atoms with Crippen LogP contribution in [-0.2, 0) is 35.1 Å². The van der Waals surface area contributed by atoms with Crippen LogP contribution in [0.5, 0.6) is 0 Å². The number of benzene rings is 1. The number of hydrogen-bond acceptors (Lipinski definition) is 8. The summed E-state index contributed by atoms with van der Waals surface area (Å²) < 4.78 is 6.05. The van der Waals surface area contributed by atoms with Crippen LogP contribution in [0.15, 0.2) is 30.3 Å². The minimum absolute atomic E-state index is 0.0142. The number of thioether (sulfide) groups is 1. The number of nitrogens with one attached hydrogen (secondary N) is 2. The number of ether oxygens (including phenoxy) is 1. The maximum absolute atomic E-state index is 14.3. The van der Waals surface area contributed by atoms with Crippen molar-refractivity contribution in [3.8, 4) is 0 Å². The number of nitrogens with zero attached hydrogens (tertiary/aromatic N) is 4. The molecule has 1 aromatic rings. The van der Waals surface area contributed by atoms with Gasteiger partial charge < -0.3 is 30.1 Å². The summed E-state index contributed by atoms with van der Waals surface area (Å²) in [6.45, 7) is 13.0. The van der Waals surface area contributed by atoms with Gasteiger partial charge >= 0.3 is 0 Å². The Labute approximate surface area is 329 Å². The van der Waals surface area contributed by atoms with Crippen LogP contribution in [0.4, 0.5) is 0 Å². The summed E-state index contributed by atoms with van der Waals surface area (Å²) in [4.78, 5) is 74.9. The minimum atomic E-state index is -0.757. The summed E-state index contributed by atoms with van der Waals surface area (Å²) in [5, 5.41) is 5.81. The van der Waals surface area contributed by atoms with Crippen molar-refractivity contribution >= 4 is 41.3 Å². The second-order valence-electron chi connectivity index (χ2n) is 15.9. The van der Waals surface area contributed by atoms with Crippen molar-refractivity contribution in [2.24, 2.45) is 17.8 Å². The molecule has 1 saturated heterocycles. The van der Waals surface area contributed by atoms with Crippen molar-refractivity contribution < 1.29 is 28.7 Å². The van der Waals surface area contributed by atoms with E-state index in [-0.39, 0.29) is 77.2 Å². The predicted octanol–water partition coefficient (Wildman–Crippen LogP) is 3.92. The molecule has 12 nitrogen and oxygen atoms in total. The first-order valence-corrected chi connectivity index (χ1v) is 20.7. The third kappa shape index (κ3) is 13.8. The van der Waals surface area contributed by atoms with Crippen LogP contribution in [0.25, 0.3) is 0 Å². The first kappa shape index (κ1) is 47.0. The monoisotopic (exact) mass is 775 g/mol. The van der Waals surface area contributed by atoms with Gasteiger partial charge in [-0.1, -0.05) is 78.3 Å². The normalized spacial score (nSPS) is 17.8. The van der Waals surface area contributed by atoms with E-state index < -0.39 is 24.2 Å². The van der Waals surface area contributed by atoms with Crippen molar-refractivity contribution in [1.82, 2.24) is 30.2 Å². The molecule has 306 valence electrons. The lowest BCUT2D eigenvalue weighted by molar-refractivity contribution is -0.146. The largest absolute Gasteiger partial charge is 0.379 e. The number of rotatable bonds is 22. The summed E-state index contributed by atoms with van der Waals surface area (Å²) in [7, 11) is 10.5. The number of hydrogen-bond donors (Lipinski definition) is 2. The molecule has 1 aromatic carbocycles. The van der Waals surface area contributed by atoms with Gasteiger partial charge in [-0.2, -0.15) is 0 Å². The van der Waals surface area contributed by atoms with Crippen molar-refractivity contribution in [1.29, 1.82) is 0 Å². The molecule has 0 aliphatic carbocycles. The van der Waals surface area contributed by atoms with E-state index >= 15 is 0 Å². The van der Waals surface area contributed by atoms with Crippen molar-refractivity contribution in [3.05, 3.63) is 35.9 Å². The first-order valence-electron chi connectivity index (χ1n) is 19.6. The molecule has 0 aromatic heterocycles. The second kappa shape index (κ2) is 23.0. The molecule has 2 rings (SSSR count). The zero-order chi connectivity index (χ0) is 40.7. The van der Waals surface area contributed by atoms with E-state index in [2.05, 4.69) is 24.5 Å². The molecular formula is C41H70N6O6S. The molecule has 0 bridgehead atoms. The van der Waals surface area contributed by atoms with E-state index in [0.717, 1.165) is 24.8 Å². The summed E-state index contributed by atoms with van der Waals surface area (Å²) >= 11 is 1.43. The smallest absolute Gasteiger partial charge is 0.245 e. The highest BCUT2D eigenvalue weighted by Crippen LogP contribution is 2.32. The SMILES string of the molecule is CCC(C)C(C(CC(=O)N1CCCC1C(CC(=O)NCCc1ccccc1)SCC(=O)N(C)C)OC)N(C)C(=O)C(NC(=O)C(C(C)C)N(C)C)C(C)C. The predicted molar refractivity (Wildman–Crippen MR) is 218 cm³/mol. The third-order valence-corrected chi connectivity index (χ3v) is 12.0. The van der Waals surface area contributed by atoms with Gasteiger partial charge in [0, 0.05) is 59.1 Å². The van der Waals surface area contributed by atoms with Gasteiger partial charge in [-0.3, -0.25) is 28.9 Å². The fourth-order valence-corrected chi connectivity index (χ4v) is 8.86. The number of carbonyl (C=O) groups excluding carboxylic acids is 5. The van der Waals surface area contributed by atoms with E-state index in [9.17, 15) is 24.0 Å². The molecule has 1 fully saturated rings. The van der Waals surface area contributed by atoms with Crippen LogP contribution in [0.1, 0.15) is 79.2 Å². The molecular weight excluding hydrogens is 705 g/mol. The highest BCUT2D eigenvalue weighted by molar-refractivity contribution is 8.00. The lowest BCUT2D eigenvalue weighted by Gasteiger charge is -2.41. The quantitative estimate of drug-likeness (QED) is 0.182. The molecule has 1 aliphatic rings. The lowest BCUT2D eigenvalue weighted by atomic mass is 9.89. The van der Waals surface area contributed by atoms with Crippen LogP contribution in [0.2, 0.25) is 0 Å². The molecule has 13 heteroatoms. The second-order valence-corrected chi connectivity index (χ2v) is 17.1. The van der Waals surface area contributed by atoms with Gasteiger partial charge in [0.25, 0.3) is 0 Å². The van der Waals surface area contributed by atoms with E-state index in [4.69, 9.17) is 4.74 Å². The van der Waals surface area contributed by atoms with E-state index in [1.165, 1.54) is 16.7 Å². The average Bonchev–Trinajstić information content (AvgIpc) is 3.61. The van der Waals surface area contributed by atoms with Crippen molar-refractivity contribution in [2.75, 3.05) is 61.2 Å². The van der Waals surface area contributed by atoms with Crippen LogP contribution >= 0.6 is 11.8 Å². The molecule has 0 saturated carbocycles. The van der Waals surface area contributed by atoms with Gasteiger partial charge in [0.05, 0.1) is 30.4 Å². The van der Waals surface area contributed by atoms with Gasteiger partial charge in [0.1, 0.15) is 6.04 Å². The Hall–Kier alpha value is -3.16. The Kier molecular flexibility index (Phi) is 20.0. The summed E-state index contributed by atoms with van der Waals surface area (Å²) in [6.07, 6.45) is 2.59. The fraction of sp³-hybridized carbons (Fsp3) is 0.732. The van der Waals surface area contributed by atoms with E-state index in [1.54, 1.807) is 33.2 Å². The van der Waals surface area contributed by atoms with Crippen LogP contribution < -0.4 is 10.6 Å². The van der Waals surface area contributed by atoms with Crippen LogP contribution in [0, 0.1) is 17.8 Å². The zero-order valence-electron chi connectivity index (χ0n) is 35.1. The average molecular weight is 775 g/mol. The molecule has 1 heterocycles. The number of carbonyl (C=O) groups is 5. The van der Waals surface area contributed by atoms with Gasteiger partial charge in [0.15, 0.2) is 0 Å².